The lowest BCUT2D eigenvalue weighted by atomic mass is 9.89. The Morgan fingerprint density at radius 1 is 1.12 bits per heavy atom. The number of hydrogen-bond donors (Lipinski definition) is 2. The predicted molar refractivity (Wildman–Crippen MR) is 109 cm³/mol. The third-order valence-corrected chi connectivity index (χ3v) is 6.49. The molecule has 7 nitrogen and oxygen atoms in total. The van der Waals surface area contributed by atoms with Crippen molar-refractivity contribution in [3.63, 3.8) is 0 Å². The van der Waals surface area contributed by atoms with Crippen LogP contribution >= 0.6 is 0 Å². The van der Waals surface area contributed by atoms with Crippen molar-refractivity contribution in [3.8, 4) is 0 Å². The first-order chi connectivity index (χ1) is 15.2. The molecule has 4 rings (SSSR count). The normalized spacial score (nSPS) is 24.0. The molecule has 0 radical (unpaired) electrons. The smallest absolute Gasteiger partial charge is 0.350 e. The van der Waals surface area contributed by atoms with Crippen molar-refractivity contribution < 1.29 is 32.2 Å². The van der Waals surface area contributed by atoms with Gasteiger partial charge >= 0.3 is 6.18 Å². The van der Waals surface area contributed by atoms with Crippen LogP contribution in [0.2, 0.25) is 0 Å². The van der Waals surface area contributed by atoms with E-state index in [0.717, 1.165) is 57.3 Å². The lowest BCUT2D eigenvalue weighted by Gasteiger charge is -2.39. The molecule has 0 bridgehead atoms. The molecule has 10 heteroatoms. The van der Waals surface area contributed by atoms with E-state index in [1.807, 2.05) is 0 Å². The van der Waals surface area contributed by atoms with E-state index in [1.165, 1.54) is 12.1 Å². The van der Waals surface area contributed by atoms with Crippen molar-refractivity contribution >= 4 is 11.8 Å². The quantitative estimate of drug-likeness (QED) is 0.713. The van der Waals surface area contributed by atoms with Crippen LogP contribution in [0.5, 0.6) is 0 Å². The Morgan fingerprint density at radius 3 is 2.53 bits per heavy atom. The lowest BCUT2D eigenvalue weighted by Crippen LogP contribution is -2.46. The van der Waals surface area contributed by atoms with Gasteiger partial charge in [-0.15, -0.1) is 0 Å². The summed E-state index contributed by atoms with van der Waals surface area (Å²) < 4.78 is 50.0. The van der Waals surface area contributed by atoms with Crippen LogP contribution in [0.3, 0.4) is 0 Å². The summed E-state index contributed by atoms with van der Waals surface area (Å²) in [5.41, 5.74) is -1.04. The maximum atomic E-state index is 12.8. The molecule has 2 saturated heterocycles. The second-order valence-corrected chi connectivity index (χ2v) is 8.65. The van der Waals surface area contributed by atoms with E-state index in [-0.39, 0.29) is 29.8 Å². The summed E-state index contributed by atoms with van der Waals surface area (Å²) >= 11 is 0. The molecule has 2 amide bonds. The van der Waals surface area contributed by atoms with Crippen LogP contribution in [0.15, 0.2) is 24.3 Å². The maximum Gasteiger partial charge on any atom is 0.416 e. The van der Waals surface area contributed by atoms with Crippen LogP contribution in [0.4, 0.5) is 13.2 Å². The molecule has 1 atom stereocenters. The number of halogens is 3. The molecule has 32 heavy (non-hydrogen) atoms. The molecule has 1 aromatic rings. The second-order valence-electron chi connectivity index (χ2n) is 8.65. The van der Waals surface area contributed by atoms with Gasteiger partial charge in [-0.2, -0.15) is 13.2 Å². The number of amides is 2. The number of carbonyl (C=O) groups excluding carboxylic acids is 2. The molecule has 0 aromatic heterocycles. The van der Waals surface area contributed by atoms with Gasteiger partial charge in [-0.1, -0.05) is 6.07 Å². The molecule has 3 aliphatic rings. The van der Waals surface area contributed by atoms with E-state index in [4.69, 9.17) is 9.47 Å². The third kappa shape index (κ3) is 5.41. The fraction of sp³-hybridized carbons (Fsp3) is 0.636. The first-order valence-corrected chi connectivity index (χ1v) is 11.0. The van der Waals surface area contributed by atoms with Gasteiger partial charge in [0, 0.05) is 43.6 Å². The highest BCUT2D eigenvalue weighted by atomic mass is 19.4. The Labute approximate surface area is 184 Å². The van der Waals surface area contributed by atoms with Gasteiger partial charge in [-0.05, 0) is 37.5 Å². The topological polar surface area (TPSA) is 79.9 Å². The van der Waals surface area contributed by atoms with Gasteiger partial charge in [0.15, 0.2) is 5.79 Å². The highest BCUT2D eigenvalue weighted by Crippen LogP contribution is 2.38. The number of nitrogens with zero attached hydrogens (tertiary/aromatic N) is 1. The van der Waals surface area contributed by atoms with Gasteiger partial charge in [0.1, 0.15) is 0 Å². The predicted octanol–water partition coefficient (Wildman–Crippen LogP) is 2.31. The zero-order valence-corrected chi connectivity index (χ0v) is 17.7. The zero-order chi connectivity index (χ0) is 22.8. The second kappa shape index (κ2) is 9.36. The number of ether oxygens (including phenoxy) is 2. The number of hydrogen-bond acceptors (Lipinski definition) is 5. The first-order valence-electron chi connectivity index (χ1n) is 11.0. The van der Waals surface area contributed by atoms with E-state index in [9.17, 15) is 22.8 Å². The summed E-state index contributed by atoms with van der Waals surface area (Å²) in [7, 11) is 0. The van der Waals surface area contributed by atoms with Gasteiger partial charge in [-0.25, -0.2) is 0 Å². The highest BCUT2D eigenvalue weighted by molar-refractivity contribution is 5.96. The van der Waals surface area contributed by atoms with E-state index < -0.39 is 17.6 Å². The van der Waals surface area contributed by atoms with Crippen molar-refractivity contribution in [2.24, 2.45) is 0 Å². The Bertz CT molecular complexity index is 832. The molecule has 1 aliphatic carbocycles. The summed E-state index contributed by atoms with van der Waals surface area (Å²) in [5.74, 6) is -1.46. The minimum Gasteiger partial charge on any atom is -0.350 e. The summed E-state index contributed by atoms with van der Waals surface area (Å²) in [5, 5.41) is 5.31. The molecule has 3 fully saturated rings. The molecule has 1 saturated carbocycles. The van der Waals surface area contributed by atoms with Crippen LogP contribution in [0.1, 0.15) is 48.0 Å². The Balaban J connectivity index is 1.19. The molecule has 2 aliphatic heterocycles. The maximum absolute atomic E-state index is 12.8. The monoisotopic (exact) mass is 455 g/mol. The average Bonchev–Trinajstić information content (AvgIpc) is 3.42. The fourth-order valence-electron chi connectivity index (χ4n) is 4.81. The Morgan fingerprint density at radius 2 is 1.84 bits per heavy atom. The molecular weight excluding hydrogens is 427 g/mol. The van der Waals surface area contributed by atoms with Gasteiger partial charge in [-0.3, -0.25) is 14.5 Å². The van der Waals surface area contributed by atoms with E-state index >= 15 is 0 Å². The minimum absolute atomic E-state index is 0.0113. The van der Waals surface area contributed by atoms with Crippen LogP contribution in [-0.4, -0.2) is 67.4 Å². The number of rotatable bonds is 5. The zero-order valence-electron chi connectivity index (χ0n) is 17.7. The van der Waals surface area contributed by atoms with E-state index in [2.05, 4.69) is 15.5 Å². The van der Waals surface area contributed by atoms with Gasteiger partial charge < -0.3 is 20.1 Å². The largest absolute Gasteiger partial charge is 0.416 e. The molecule has 1 aromatic carbocycles. The molecule has 176 valence electrons. The van der Waals surface area contributed by atoms with Crippen molar-refractivity contribution in [1.82, 2.24) is 15.5 Å². The molecular formula is C22H28F3N3O4. The first kappa shape index (κ1) is 23.0. The van der Waals surface area contributed by atoms with Gasteiger partial charge in [0.05, 0.1) is 25.3 Å². The standard InChI is InChI=1S/C22H28F3N3O4/c23-22(24,25)16-3-1-2-15(12-16)20(30)26-13-19(29)27-17-6-9-28(14-17)18-4-7-21(8-5-18)31-10-11-32-21/h1-3,12,17-18H,4-11,13-14H2,(H,26,30)(H,27,29)/t17-/m1/s1. The van der Waals surface area contributed by atoms with E-state index in [1.54, 1.807) is 0 Å². The summed E-state index contributed by atoms with van der Waals surface area (Å²) in [6.07, 6.45) is 0.0426. The van der Waals surface area contributed by atoms with Gasteiger partial charge in [0.25, 0.3) is 5.91 Å². The average molecular weight is 455 g/mol. The SMILES string of the molecule is O=C(CNC(=O)c1cccc(C(F)(F)F)c1)N[C@@H]1CCN(C2CCC3(CC2)OCCO3)C1. The fourth-order valence-corrected chi connectivity index (χ4v) is 4.81. The number of alkyl halides is 3. The summed E-state index contributed by atoms with van der Waals surface area (Å²) in [6, 6.07) is 4.56. The van der Waals surface area contributed by atoms with Crippen LogP contribution in [-0.2, 0) is 20.4 Å². The Hall–Kier alpha value is -2.17. The van der Waals surface area contributed by atoms with Crippen molar-refractivity contribution in [3.05, 3.63) is 35.4 Å². The van der Waals surface area contributed by atoms with Crippen LogP contribution < -0.4 is 10.6 Å². The number of nitrogens with one attached hydrogen (secondary N) is 2. The van der Waals surface area contributed by atoms with Crippen molar-refractivity contribution in [2.75, 3.05) is 32.8 Å². The lowest BCUT2D eigenvalue weighted by molar-refractivity contribution is -0.183. The van der Waals surface area contributed by atoms with Crippen LogP contribution in [0.25, 0.3) is 0 Å². The highest BCUT2D eigenvalue weighted by Gasteiger charge is 2.42. The molecule has 2 heterocycles. The number of benzene rings is 1. The number of likely N-dealkylation sites (tertiary alicyclic amines) is 1. The Kier molecular flexibility index (Phi) is 6.73. The van der Waals surface area contributed by atoms with Crippen molar-refractivity contribution in [1.29, 1.82) is 0 Å². The minimum atomic E-state index is -4.53. The van der Waals surface area contributed by atoms with Crippen LogP contribution in [0, 0.1) is 0 Å². The van der Waals surface area contributed by atoms with Crippen molar-refractivity contribution in [2.45, 2.75) is 56.2 Å². The molecule has 2 N–H and O–H groups in total. The summed E-state index contributed by atoms with van der Waals surface area (Å²) in [4.78, 5) is 26.8. The molecule has 0 unspecified atom stereocenters. The summed E-state index contributed by atoms with van der Waals surface area (Å²) in [6.45, 7) is 2.67. The number of carbonyl (C=O) groups is 2. The van der Waals surface area contributed by atoms with E-state index in [0.29, 0.717) is 19.3 Å². The third-order valence-electron chi connectivity index (χ3n) is 6.49. The molecule has 1 spiro atoms. The van der Waals surface area contributed by atoms with Gasteiger partial charge in [0.2, 0.25) is 5.91 Å².